The van der Waals surface area contributed by atoms with E-state index in [1.54, 1.807) is 0 Å². The van der Waals surface area contributed by atoms with Crippen LogP contribution in [0, 0.1) is 0 Å². The molecule has 1 saturated heterocycles. The highest BCUT2D eigenvalue weighted by Gasteiger charge is 2.44. The first kappa shape index (κ1) is 44.7. The van der Waals surface area contributed by atoms with Gasteiger partial charge in [-0.3, -0.25) is 9.59 Å². The lowest BCUT2D eigenvalue weighted by Crippen LogP contribution is -2.59. The summed E-state index contributed by atoms with van der Waals surface area (Å²) in [7, 11) is 0. The number of hydrogen-bond donors (Lipinski definition) is 4. The Morgan fingerprint density at radius 2 is 1.14 bits per heavy atom. The third-order valence-corrected chi connectivity index (χ3v) is 8.21. The fraction of sp³-hybridized carbons (Fsp3) is 0.744. The number of rotatable bonds is 29. The van der Waals surface area contributed by atoms with Crippen LogP contribution in [0.25, 0.3) is 0 Å². The smallest absolute Gasteiger partial charge is 0.306 e. The normalized spacial score (nSPS) is 22.1. The Labute approximate surface area is 295 Å². The number of allylic oxidation sites excluding steroid dienone is 8. The first-order valence-electron chi connectivity index (χ1n) is 18.7. The van der Waals surface area contributed by atoms with Gasteiger partial charge in [0.05, 0.1) is 13.2 Å². The van der Waals surface area contributed by atoms with Crippen LogP contribution in [0.2, 0.25) is 0 Å². The number of ether oxygens (including phenoxy) is 4. The average Bonchev–Trinajstić information content (AvgIpc) is 3.10. The predicted octanol–water partition coefficient (Wildman–Crippen LogP) is 6.54. The third-order valence-electron chi connectivity index (χ3n) is 8.21. The summed E-state index contributed by atoms with van der Waals surface area (Å²) in [5, 5.41) is 39.9. The van der Waals surface area contributed by atoms with E-state index in [0.717, 1.165) is 89.9 Å². The zero-order valence-corrected chi connectivity index (χ0v) is 30.2. The van der Waals surface area contributed by atoms with Crippen LogP contribution in [-0.2, 0) is 28.5 Å². The Morgan fingerprint density at radius 1 is 0.633 bits per heavy atom. The van der Waals surface area contributed by atoms with Gasteiger partial charge in [-0.25, -0.2) is 0 Å². The first-order chi connectivity index (χ1) is 23.8. The van der Waals surface area contributed by atoms with Crippen molar-refractivity contribution >= 4 is 11.9 Å². The predicted molar refractivity (Wildman–Crippen MR) is 192 cm³/mol. The second-order valence-corrected chi connectivity index (χ2v) is 12.6. The van der Waals surface area contributed by atoms with Gasteiger partial charge in [0, 0.05) is 12.8 Å². The zero-order valence-electron chi connectivity index (χ0n) is 30.2. The Balaban J connectivity index is 2.44. The van der Waals surface area contributed by atoms with Gasteiger partial charge >= 0.3 is 11.9 Å². The van der Waals surface area contributed by atoms with Gasteiger partial charge in [0.15, 0.2) is 12.4 Å². The highest BCUT2D eigenvalue weighted by Crippen LogP contribution is 2.22. The minimum absolute atomic E-state index is 0.208. The minimum Gasteiger partial charge on any atom is -0.462 e. The van der Waals surface area contributed by atoms with E-state index in [2.05, 4.69) is 62.5 Å². The summed E-state index contributed by atoms with van der Waals surface area (Å²) < 4.78 is 22.0. The van der Waals surface area contributed by atoms with Crippen LogP contribution in [0.3, 0.4) is 0 Å². The Kier molecular flexibility index (Phi) is 27.8. The van der Waals surface area contributed by atoms with Crippen molar-refractivity contribution in [2.45, 2.75) is 166 Å². The molecule has 10 nitrogen and oxygen atoms in total. The molecule has 1 rings (SSSR count). The molecule has 10 heteroatoms. The molecule has 1 aliphatic heterocycles. The standard InChI is InChI=1S/C39H66O10/c1-3-5-7-9-11-13-15-17-19-21-23-25-27-34(41)46-30-32(31-47-39-38(45)37(44)36(43)33(29-40)49-39)48-35(42)28-26-24-22-20-18-16-14-12-10-8-6-4-2/h5-8,11-14,32-33,36-40,43-45H,3-4,9-10,15-31H2,1-2H3/b7-5-,8-6+,13-11+,14-12-/t32-,33-,36+,37+,38-,39-/m1/s1. The van der Waals surface area contributed by atoms with E-state index in [9.17, 15) is 30.0 Å². The molecule has 0 bridgehead atoms. The van der Waals surface area contributed by atoms with E-state index in [4.69, 9.17) is 18.9 Å². The fourth-order valence-electron chi connectivity index (χ4n) is 5.26. The maximum atomic E-state index is 12.7. The summed E-state index contributed by atoms with van der Waals surface area (Å²) in [6.45, 7) is 3.13. The molecule has 0 aromatic carbocycles. The highest BCUT2D eigenvalue weighted by molar-refractivity contribution is 5.70. The molecule has 1 heterocycles. The summed E-state index contributed by atoms with van der Waals surface area (Å²) in [5.41, 5.74) is 0. The van der Waals surface area contributed by atoms with Gasteiger partial charge in [-0.15, -0.1) is 0 Å². The second kappa shape index (κ2) is 30.5. The van der Waals surface area contributed by atoms with Gasteiger partial charge in [0.25, 0.3) is 0 Å². The molecule has 0 amide bonds. The Bertz CT molecular complexity index is 944. The molecule has 1 fully saturated rings. The van der Waals surface area contributed by atoms with Crippen LogP contribution in [-0.4, -0.2) is 89.0 Å². The van der Waals surface area contributed by atoms with E-state index >= 15 is 0 Å². The van der Waals surface area contributed by atoms with E-state index in [-0.39, 0.29) is 26.1 Å². The lowest BCUT2D eigenvalue weighted by molar-refractivity contribution is -0.305. The van der Waals surface area contributed by atoms with Crippen molar-refractivity contribution in [2.75, 3.05) is 19.8 Å². The molecule has 4 N–H and O–H groups in total. The van der Waals surface area contributed by atoms with E-state index in [1.807, 2.05) is 0 Å². The molecule has 0 unspecified atom stereocenters. The Hall–Kier alpha value is -2.34. The molecule has 0 radical (unpaired) electrons. The van der Waals surface area contributed by atoms with Crippen LogP contribution in [0.5, 0.6) is 0 Å². The van der Waals surface area contributed by atoms with Gasteiger partial charge in [0.2, 0.25) is 0 Å². The van der Waals surface area contributed by atoms with Crippen LogP contribution >= 0.6 is 0 Å². The van der Waals surface area contributed by atoms with Crippen molar-refractivity contribution in [3.8, 4) is 0 Å². The summed E-state index contributed by atoms with van der Waals surface area (Å²) in [6, 6.07) is 0. The van der Waals surface area contributed by atoms with Crippen LogP contribution in [0.15, 0.2) is 48.6 Å². The van der Waals surface area contributed by atoms with E-state index in [1.165, 1.54) is 0 Å². The lowest BCUT2D eigenvalue weighted by Gasteiger charge is -2.39. The van der Waals surface area contributed by atoms with Crippen molar-refractivity contribution in [2.24, 2.45) is 0 Å². The van der Waals surface area contributed by atoms with Gasteiger partial charge in [-0.2, -0.15) is 0 Å². The maximum Gasteiger partial charge on any atom is 0.306 e. The molecule has 0 spiro atoms. The molecule has 49 heavy (non-hydrogen) atoms. The molecule has 0 aliphatic carbocycles. The van der Waals surface area contributed by atoms with Gasteiger partial charge in [0.1, 0.15) is 31.0 Å². The van der Waals surface area contributed by atoms with Crippen molar-refractivity contribution in [1.82, 2.24) is 0 Å². The number of aliphatic hydroxyl groups excluding tert-OH is 4. The van der Waals surface area contributed by atoms with Gasteiger partial charge < -0.3 is 39.4 Å². The van der Waals surface area contributed by atoms with Crippen LogP contribution < -0.4 is 0 Å². The summed E-state index contributed by atoms with van der Waals surface area (Å²) in [5.74, 6) is -0.849. The number of carbonyl (C=O) groups is 2. The van der Waals surface area contributed by atoms with Gasteiger partial charge in [-0.1, -0.05) is 101 Å². The van der Waals surface area contributed by atoms with Crippen molar-refractivity contribution in [3.63, 3.8) is 0 Å². The number of esters is 2. The van der Waals surface area contributed by atoms with Crippen LogP contribution in [0.1, 0.15) is 129 Å². The largest absolute Gasteiger partial charge is 0.462 e. The second-order valence-electron chi connectivity index (χ2n) is 12.6. The molecule has 0 aromatic heterocycles. The molecular weight excluding hydrogens is 628 g/mol. The fourth-order valence-corrected chi connectivity index (χ4v) is 5.26. The molecular formula is C39H66O10. The monoisotopic (exact) mass is 694 g/mol. The lowest BCUT2D eigenvalue weighted by atomic mass is 9.99. The first-order valence-corrected chi connectivity index (χ1v) is 18.7. The summed E-state index contributed by atoms with van der Waals surface area (Å²) in [4.78, 5) is 25.1. The topological polar surface area (TPSA) is 152 Å². The van der Waals surface area contributed by atoms with Crippen molar-refractivity contribution in [1.29, 1.82) is 0 Å². The summed E-state index contributed by atoms with van der Waals surface area (Å²) >= 11 is 0. The van der Waals surface area contributed by atoms with E-state index in [0.29, 0.717) is 12.8 Å². The molecule has 1 aliphatic rings. The zero-order chi connectivity index (χ0) is 36.0. The van der Waals surface area contributed by atoms with Crippen LogP contribution in [0.4, 0.5) is 0 Å². The van der Waals surface area contributed by atoms with E-state index < -0.39 is 55.4 Å². The Morgan fingerprint density at radius 3 is 1.69 bits per heavy atom. The molecule has 0 aromatic rings. The number of aliphatic hydroxyl groups is 4. The molecule has 0 saturated carbocycles. The maximum absolute atomic E-state index is 12.7. The van der Waals surface area contributed by atoms with Crippen molar-refractivity contribution < 1.29 is 49.0 Å². The molecule has 282 valence electrons. The third kappa shape index (κ3) is 22.9. The highest BCUT2D eigenvalue weighted by atomic mass is 16.7. The summed E-state index contributed by atoms with van der Waals surface area (Å²) in [6.07, 6.45) is 25.6. The number of unbranched alkanes of at least 4 members (excludes halogenated alkanes) is 10. The van der Waals surface area contributed by atoms with Gasteiger partial charge in [-0.05, 0) is 64.2 Å². The number of hydrogen-bond acceptors (Lipinski definition) is 10. The van der Waals surface area contributed by atoms with Crippen molar-refractivity contribution in [3.05, 3.63) is 48.6 Å². The minimum atomic E-state index is -1.60. The average molecular weight is 695 g/mol. The number of carbonyl (C=O) groups excluding carboxylic acids is 2. The quantitative estimate of drug-likeness (QED) is 0.0386. The molecule has 6 atom stereocenters. The SMILES string of the molecule is CC/C=C\C/C=C/CCCCCCCC(=O)OC[C@H](CO[C@@H]1O[C@H](CO)[C@H](O)[C@H](O)[C@H]1O)OC(=O)CCCCCCC/C=C\C/C=C/CC.